The van der Waals surface area contributed by atoms with Gasteiger partial charge in [0.1, 0.15) is 5.75 Å². The Bertz CT molecular complexity index is 917. The normalized spacial score (nSPS) is 10.8. The summed E-state index contributed by atoms with van der Waals surface area (Å²) < 4.78 is 6.70. The number of benzene rings is 2. The Labute approximate surface area is 175 Å². The Kier molecular flexibility index (Phi) is 7.76. The largest absolute Gasteiger partial charge is 0.494 e. The van der Waals surface area contributed by atoms with Gasteiger partial charge in [-0.3, -0.25) is 9.59 Å². The highest BCUT2D eigenvalue weighted by Gasteiger charge is 2.10. The summed E-state index contributed by atoms with van der Waals surface area (Å²) in [5.41, 5.74) is 1.64. The van der Waals surface area contributed by atoms with Gasteiger partial charge in [0.2, 0.25) is 5.91 Å². The van der Waals surface area contributed by atoms with Gasteiger partial charge in [-0.15, -0.1) is 11.3 Å². The molecule has 1 aromatic heterocycles. The first-order chi connectivity index (χ1) is 14.2. The molecule has 152 valence electrons. The molecule has 29 heavy (non-hydrogen) atoms. The van der Waals surface area contributed by atoms with E-state index in [-0.39, 0.29) is 24.5 Å². The quantitative estimate of drug-likeness (QED) is 0.364. The molecule has 0 atom stereocenters. The summed E-state index contributed by atoms with van der Waals surface area (Å²) in [4.78, 5) is 28.9. The van der Waals surface area contributed by atoms with Crippen molar-refractivity contribution >= 4 is 33.2 Å². The maximum atomic E-state index is 12.2. The van der Waals surface area contributed by atoms with Crippen LogP contribution in [0.1, 0.15) is 48.0 Å². The first-order valence-corrected chi connectivity index (χ1v) is 10.8. The van der Waals surface area contributed by atoms with Crippen molar-refractivity contribution in [3.8, 4) is 5.75 Å². The van der Waals surface area contributed by atoms with Crippen LogP contribution in [0.5, 0.6) is 5.75 Å². The van der Waals surface area contributed by atoms with E-state index in [1.807, 2.05) is 25.1 Å². The second-order valence-electron chi connectivity index (χ2n) is 6.82. The molecule has 5 nitrogen and oxygen atoms in total. The standard InChI is InChI=1S/C23H26N2O3S/c1-2-16-28-18-11-9-17(10-12-18)20(26)13-14-22(27)24-15-5-8-23-25-19-6-3-4-7-21(19)29-23/h3-4,6-7,9-12H,2,5,8,13-16H2,1H3,(H,24,27). The monoisotopic (exact) mass is 410 g/mol. The van der Waals surface area contributed by atoms with Gasteiger partial charge in [0.05, 0.1) is 21.8 Å². The van der Waals surface area contributed by atoms with Crippen LogP contribution in [0.4, 0.5) is 0 Å². The second kappa shape index (κ2) is 10.7. The molecule has 1 amide bonds. The topological polar surface area (TPSA) is 68.3 Å². The minimum atomic E-state index is -0.0921. The van der Waals surface area contributed by atoms with E-state index in [1.165, 1.54) is 4.70 Å². The molecule has 1 heterocycles. The summed E-state index contributed by atoms with van der Waals surface area (Å²) in [6.45, 7) is 3.29. The molecule has 3 aromatic rings. The fourth-order valence-corrected chi connectivity index (χ4v) is 3.92. The minimum Gasteiger partial charge on any atom is -0.494 e. The number of hydrogen-bond donors (Lipinski definition) is 1. The molecule has 0 fully saturated rings. The van der Waals surface area contributed by atoms with Crippen LogP contribution in [-0.4, -0.2) is 29.8 Å². The van der Waals surface area contributed by atoms with E-state index in [4.69, 9.17) is 4.74 Å². The third-order valence-corrected chi connectivity index (χ3v) is 5.55. The van der Waals surface area contributed by atoms with Gasteiger partial charge in [-0.25, -0.2) is 4.98 Å². The lowest BCUT2D eigenvalue weighted by Crippen LogP contribution is -2.25. The number of hydrogen-bond acceptors (Lipinski definition) is 5. The average molecular weight is 411 g/mol. The number of nitrogens with one attached hydrogen (secondary N) is 1. The highest BCUT2D eigenvalue weighted by atomic mass is 32.1. The summed E-state index contributed by atoms with van der Waals surface area (Å²) in [6.07, 6.45) is 3.02. The van der Waals surface area contributed by atoms with Crippen LogP contribution < -0.4 is 10.1 Å². The van der Waals surface area contributed by atoms with Crippen LogP contribution in [-0.2, 0) is 11.2 Å². The number of thiazole rings is 1. The molecule has 1 N–H and O–H groups in total. The lowest BCUT2D eigenvalue weighted by molar-refractivity contribution is -0.121. The third kappa shape index (κ3) is 6.39. The number of ketones is 1. The molecule has 3 rings (SSSR count). The zero-order valence-electron chi connectivity index (χ0n) is 16.6. The molecule has 0 aliphatic heterocycles. The summed E-state index contributed by atoms with van der Waals surface area (Å²) in [5.74, 6) is 0.636. The highest BCUT2D eigenvalue weighted by Crippen LogP contribution is 2.22. The van der Waals surface area contributed by atoms with E-state index in [2.05, 4.69) is 16.4 Å². The van der Waals surface area contributed by atoms with Crippen LogP contribution in [0.15, 0.2) is 48.5 Å². The van der Waals surface area contributed by atoms with Crippen LogP contribution in [0, 0.1) is 0 Å². The number of carbonyl (C=O) groups excluding carboxylic acids is 2. The molecular weight excluding hydrogens is 384 g/mol. The molecule has 0 unspecified atom stereocenters. The maximum Gasteiger partial charge on any atom is 0.220 e. The van der Waals surface area contributed by atoms with E-state index in [9.17, 15) is 9.59 Å². The third-order valence-electron chi connectivity index (χ3n) is 4.46. The fourth-order valence-electron chi connectivity index (χ4n) is 2.91. The van der Waals surface area contributed by atoms with Crippen molar-refractivity contribution in [2.45, 2.75) is 39.0 Å². The lowest BCUT2D eigenvalue weighted by atomic mass is 10.1. The van der Waals surface area contributed by atoms with Crippen molar-refractivity contribution in [3.05, 3.63) is 59.1 Å². The molecular formula is C23H26N2O3S. The summed E-state index contributed by atoms with van der Waals surface area (Å²) >= 11 is 1.70. The second-order valence-corrected chi connectivity index (χ2v) is 7.94. The minimum absolute atomic E-state index is 0.0309. The van der Waals surface area contributed by atoms with Gasteiger partial charge in [-0.1, -0.05) is 19.1 Å². The molecule has 0 bridgehead atoms. The first-order valence-electron chi connectivity index (χ1n) is 10.0. The van der Waals surface area contributed by atoms with E-state index in [0.29, 0.717) is 18.7 Å². The number of para-hydroxylation sites is 1. The van der Waals surface area contributed by atoms with Gasteiger partial charge in [-0.05, 0) is 49.2 Å². The van der Waals surface area contributed by atoms with Crippen molar-refractivity contribution in [1.82, 2.24) is 10.3 Å². The van der Waals surface area contributed by atoms with E-state index in [1.54, 1.807) is 35.6 Å². The molecule has 6 heteroatoms. The lowest BCUT2D eigenvalue weighted by Gasteiger charge is -2.06. The Morgan fingerprint density at radius 3 is 2.62 bits per heavy atom. The molecule has 0 aliphatic carbocycles. The van der Waals surface area contributed by atoms with Gasteiger partial charge in [-0.2, -0.15) is 0 Å². The molecule has 2 aromatic carbocycles. The number of rotatable bonds is 11. The number of amides is 1. The molecule has 0 saturated heterocycles. The van der Waals surface area contributed by atoms with Crippen molar-refractivity contribution in [2.24, 2.45) is 0 Å². The van der Waals surface area contributed by atoms with E-state index >= 15 is 0 Å². The molecule has 0 saturated carbocycles. The number of carbonyl (C=O) groups is 2. The van der Waals surface area contributed by atoms with Gasteiger partial charge >= 0.3 is 0 Å². The van der Waals surface area contributed by atoms with Crippen LogP contribution in [0.25, 0.3) is 10.2 Å². The summed E-state index contributed by atoms with van der Waals surface area (Å²) in [7, 11) is 0. The zero-order valence-corrected chi connectivity index (χ0v) is 17.5. The highest BCUT2D eigenvalue weighted by molar-refractivity contribution is 7.18. The first kappa shape index (κ1) is 21.0. The number of nitrogens with zero attached hydrogens (tertiary/aromatic N) is 1. The zero-order chi connectivity index (χ0) is 20.5. The van der Waals surface area contributed by atoms with Crippen LogP contribution in [0.3, 0.4) is 0 Å². The molecule has 0 radical (unpaired) electrons. The predicted molar refractivity (Wildman–Crippen MR) is 117 cm³/mol. The SMILES string of the molecule is CCCOc1ccc(C(=O)CCC(=O)NCCCc2nc3ccccc3s2)cc1. The van der Waals surface area contributed by atoms with Crippen molar-refractivity contribution in [2.75, 3.05) is 13.2 Å². The number of aromatic nitrogens is 1. The number of fused-ring (bicyclic) bond motifs is 1. The number of Topliss-reactive ketones (excluding diaryl/α,β-unsaturated/α-hetero) is 1. The summed E-state index contributed by atoms with van der Waals surface area (Å²) in [6, 6.07) is 15.2. The molecule has 0 spiro atoms. The van der Waals surface area contributed by atoms with Crippen molar-refractivity contribution < 1.29 is 14.3 Å². The summed E-state index contributed by atoms with van der Waals surface area (Å²) in [5, 5.41) is 3.98. The van der Waals surface area contributed by atoms with Crippen molar-refractivity contribution in [1.29, 1.82) is 0 Å². The van der Waals surface area contributed by atoms with Crippen LogP contribution in [0.2, 0.25) is 0 Å². The van der Waals surface area contributed by atoms with Gasteiger partial charge in [0, 0.05) is 31.4 Å². The Balaban J connectivity index is 1.34. The van der Waals surface area contributed by atoms with E-state index < -0.39 is 0 Å². The average Bonchev–Trinajstić information content (AvgIpc) is 3.17. The van der Waals surface area contributed by atoms with Crippen LogP contribution >= 0.6 is 11.3 Å². The fraction of sp³-hybridized carbons (Fsp3) is 0.348. The van der Waals surface area contributed by atoms with Gasteiger partial charge < -0.3 is 10.1 Å². The van der Waals surface area contributed by atoms with Gasteiger partial charge in [0.25, 0.3) is 0 Å². The predicted octanol–water partition coefficient (Wildman–Crippen LogP) is 4.80. The Morgan fingerprint density at radius 1 is 1.07 bits per heavy atom. The Morgan fingerprint density at radius 2 is 1.86 bits per heavy atom. The Hall–Kier alpha value is -2.73. The van der Waals surface area contributed by atoms with E-state index in [0.717, 1.165) is 35.5 Å². The number of ether oxygens (including phenoxy) is 1. The van der Waals surface area contributed by atoms with Gasteiger partial charge in [0.15, 0.2) is 5.78 Å². The molecule has 0 aliphatic rings. The number of aryl methyl sites for hydroxylation is 1. The smallest absolute Gasteiger partial charge is 0.220 e. The maximum absolute atomic E-state index is 12.2. The van der Waals surface area contributed by atoms with Crippen molar-refractivity contribution in [3.63, 3.8) is 0 Å².